The van der Waals surface area contributed by atoms with Crippen LogP contribution in [0.5, 0.6) is 0 Å². The van der Waals surface area contributed by atoms with Crippen LogP contribution in [0.15, 0.2) is 11.3 Å². The lowest BCUT2D eigenvalue weighted by molar-refractivity contribution is -0.192. The van der Waals surface area contributed by atoms with Crippen molar-refractivity contribution in [3.63, 3.8) is 0 Å². The average Bonchev–Trinajstić information content (AvgIpc) is 2.51. The van der Waals surface area contributed by atoms with E-state index in [4.69, 9.17) is 10.00 Å². The first-order valence-corrected chi connectivity index (χ1v) is 8.78. The number of thioether (sulfide) groups is 2. The standard InChI is InChI=1S/C13H15N3O5S2/c1-7-5-23-12-13(21-2,15-8(17)6-22-4-3-14)11(20)16(12)9(7)10(18)19/h12H,4-6H2,1-2H3,(H,15,17)(H,18,19)/t12-,13+/m1/s1. The topological polar surface area (TPSA) is 120 Å². The van der Waals surface area contributed by atoms with Gasteiger partial charge >= 0.3 is 5.97 Å². The van der Waals surface area contributed by atoms with Crippen LogP contribution in [0.4, 0.5) is 0 Å². The van der Waals surface area contributed by atoms with Crippen molar-refractivity contribution in [1.82, 2.24) is 10.2 Å². The summed E-state index contributed by atoms with van der Waals surface area (Å²) in [6, 6.07) is 1.91. The van der Waals surface area contributed by atoms with Crippen molar-refractivity contribution < 1.29 is 24.2 Å². The number of nitrogens with one attached hydrogen (secondary N) is 1. The Morgan fingerprint density at radius 3 is 2.91 bits per heavy atom. The van der Waals surface area contributed by atoms with Crippen molar-refractivity contribution in [2.45, 2.75) is 18.0 Å². The molecule has 124 valence electrons. The van der Waals surface area contributed by atoms with E-state index in [1.807, 2.05) is 6.07 Å². The van der Waals surface area contributed by atoms with E-state index in [1.165, 1.54) is 18.9 Å². The Balaban J connectivity index is 2.17. The summed E-state index contributed by atoms with van der Waals surface area (Å²) in [5, 5.41) is 19.7. The maximum Gasteiger partial charge on any atom is 0.352 e. The monoisotopic (exact) mass is 357 g/mol. The molecule has 2 heterocycles. The second-order valence-electron chi connectivity index (χ2n) is 4.91. The van der Waals surface area contributed by atoms with E-state index >= 15 is 0 Å². The molecular formula is C13H15N3O5S2. The van der Waals surface area contributed by atoms with E-state index in [0.717, 1.165) is 16.7 Å². The Morgan fingerprint density at radius 2 is 2.35 bits per heavy atom. The summed E-state index contributed by atoms with van der Waals surface area (Å²) in [6.07, 6.45) is 0. The predicted molar refractivity (Wildman–Crippen MR) is 84.2 cm³/mol. The molecule has 2 rings (SSSR count). The molecule has 2 N–H and O–H groups in total. The summed E-state index contributed by atoms with van der Waals surface area (Å²) in [6.45, 7) is 1.66. The highest BCUT2D eigenvalue weighted by atomic mass is 32.2. The van der Waals surface area contributed by atoms with Gasteiger partial charge in [-0.05, 0) is 12.5 Å². The molecule has 0 aromatic rings. The highest BCUT2D eigenvalue weighted by Crippen LogP contribution is 2.46. The molecule has 2 aliphatic rings. The number of hydrogen-bond donors (Lipinski definition) is 2. The molecule has 0 saturated carbocycles. The van der Waals surface area contributed by atoms with Crippen LogP contribution in [-0.2, 0) is 19.1 Å². The van der Waals surface area contributed by atoms with Gasteiger partial charge in [0, 0.05) is 12.9 Å². The molecule has 0 radical (unpaired) electrons. The van der Waals surface area contributed by atoms with E-state index < -0.39 is 28.9 Å². The van der Waals surface area contributed by atoms with E-state index in [9.17, 15) is 19.5 Å². The van der Waals surface area contributed by atoms with Crippen LogP contribution in [0, 0.1) is 11.3 Å². The SMILES string of the molecule is CO[C@@]1(NC(=O)CSCC#N)C(=O)N2C(C(=O)O)=C(C)CS[C@@H]21. The summed E-state index contributed by atoms with van der Waals surface area (Å²) < 4.78 is 5.26. The van der Waals surface area contributed by atoms with Gasteiger partial charge in [0.1, 0.15) is 11.1 Å². The normalized spacial score (nSPS) is 26.2. The predicted octanol–water partition coefficient (Wildman–Crippen LogP) is -0.0242. The van der Waals surface area contributed by atoms with Gasteiger partial charge in [-0.2, -0.15) is 5.26 Å². The van der Waals surface area contributed by atoms with Crippen molar-refractivity contribution >= 4 is 41.3 Å². The first kappa shape index (κ1) is 17.7. The number of β-lactam (4-membered cyclic amide) rings is 1. The maximum atomic E-state index is 12.5. The quantitative estimate of drug-likeness (QED) is 0.386. The van der Waals surface area contributed by atoms with Gasteiger partial charge < -0.3 is 15.2 Å². The fraction of sp³-hybridized carbons (Fsp3) is 0.538. The Hall–Kier alpha value is -1.70. The largest absolute Gasteiger partial charge is 0.477 e. The van der Waals surface area contributed by atoms with Gasteiger partial charge in [0.15, 0.2) is 0 Å². The fourth-order valence-corrected chi connectivity index (χ4v) is 4.30. The summed E-state index contributed by atoms with van der Waals surface area (Å²) in [5.74, 6) is -1.61. The van der Waals surface area contributed by atoms with Crippen LogP contribution in [0.3, 0.4) is 0 Å². The highest BCUT2D eigenvalue weighted by Gasteiger charge is 2.66. The van der Waals surface area contributed by atoms with Crippen molar-refractivity contribution in [3.05, 3.63) is 11.3 Å². The van der Waals surface area contributed by atoms with Gasteiger partial charge in [-0.25, -0.2) is 4.79 Å². The molecule has 23 heavy (non-hydrogen) atoms. The number of amides is 2. The molecule has 2 aliphatic heterocycles. The molecule has 10 heteroatoms. The second kappa shape index (κ2) is 6.82. The van der Waals surface area contributed by atoms with Crippen LogP contribution >= 0.6 is 23.5 Å². The van der Waals surface area contributed by atoms with Crippen LogP contribution < -0.4 is 5.32 Å². The third-order valence-corrected chi connectivity index (χ3v) is 5.73. The summed E-state index contributed by atoms with van der Waals surface area (Å²) in [5.41, 5.74) is -1.02. The zero-order valence-electron chi connectivity index (χ0n) is 12.5. The highest BCUT2D eigenvalue weighted by molar-refractivity contribution is 8.00. The fourth-order valence-electron chi connectivity index (χ4n) is 2.47. The number of carbonyl (C=O) groups is 3. The van der Waals surface area contributed by atoms with Gasteiger partial charge in [-0.15, -0.1) is 23.5 Å². The zero-order chi connectivity index (χ0) is 17.2. The first-order chi connectivity index (χ1) is 10.9. The minimum absolute atomic E-state index is 0.0178. The minimum atomic E-state index is -1.56. The molecule has 8 nitrogen and oxygen atoms in total. The van der Waals surface area contributed by atoms with Gasteiger partial charge in [-0.1, -0.05) is 0 Å². The lowest BCUT2D eigenvalue weighted by Gasteiger charge is -2.55. The Labute approximate surface area is 141 Å². The van der Waals surface area contributed by atoms with E-state index in [0.29, 0.717) is 11.3 Å². The molecule has 0 aromatic carbocycles. The first-order valence-electron chi connectivity index (χ1n) is 6.58. The van der Waals surface area contributed by atoms with Crippen LogP contribution in [-0.4, -0.2) is 63.3 Å². The van der Waals surface area contributed by atoms with Crippen LogP contribution in [0.25, 0.3) is 0 Å². The summed E-state index contributed by atoms with van der Waals surface area (Å²) in [4.78, 5) is 37.0. The summed E-state index contributed by atoms with van der Waals surface area (Å²) >= 11 is 2.45. The second-order valence-corrected chi connectivity index (χ2v) is 6.97. The number of carboxylic acids is 1. The Bertz CT molecular complexity index is 630. The molecule has 0 aromatic heterocycles. The number of methoxy groups -OCH3 is 1. The molecule has 2 amide bonds. The number of ether oxygens (including phenoxy) is 1. The van der Waals surface area contributed by atoms with E-state index in [1.54, 1.807) is 6.92 Å². The third-order valence-electron chi connectivity index (χ3n) is 3.47. The van der Waals surface area contributed by atoms with Crippen molar-refractivity contribution in [2.24, 2.45) is 0 Å². The number of rotatable bonds is 6. The summed E-state index contributed by atoms with van der Waals surface area (Å²) in [7, 11) is 1.30. The number of aliphatic carboxylic acids is 1. The van der Waals surface area contributed by atoms with Crippen LogP contribution in [0.2, 0.25) is 0 Å². The Kier molecular flexibility index (Phi) is 5.23. The number of carbonyl (C=O) groups excluding carboxylic acids is 2. The molecular weight excluding hydrogens is 342 g/mol. The average molecular weight is 357 g/mol. The minimum Gasteiger partial charge on any atom is -0.477 e. The molecule has 1 fully saturated rings. The number of fused-ring (bicyclic) bond motifs is 1. The number of nitriles is 1. The molecule has 1 saturated heterocycles. The van der Waals surface area contributed by atoms with E-state index in [2.05, 4.69) is 5.32 Å². The van der Waals surface area contributed by atoms with Gasteiger partial charge in [-0.3, -0.25) is 14.5 Å². The van der Waals surface area contributed by atoms with Crippen molar-refractivity contribution in [3.8, 4) is 6.07 Å². The van der Waals surface area contributed by atoms with Crippen molar-refractivity contribution in [2.75, 3.05) is 24.4 Å². The smallest absolute Gasteiger partial charge is 0.352 e. The van der Waals surface area contributed by atoms with Gasteiger partial charge in [0.2, 0.25) is 5.91 Å². The molecule has 2 atom stereocenters. The number of nitrogens with zero attached hydrogens (tertiary/aromatic N) is 2. The molecule has 0 spiro atoms. The lowest BCUT2D eigenvalue weighted by atomic mass is 9.98. The lowest BCUT2D eigenvalue weighted by Crippen LogP contribution is -2.80. The molecule has 0 bridgehead atoms. The zero-order valence-corrected chi connectivity index (χ0v) is 14.1. The molecule has 0 unspecified atom stereocenters. The Morgan fingerprint density at radius 1 is 1.65 bits per heavy atom. The maximum absolute atomic E-state index is 12.5. The van der Waals surface area contributed by atoms with Gasteiger partial charge in [0.25, 0.3) is 11.6 Å². The van der Waals surface area contributed by atoms with E-state index in [-0.39, 0.29) is 17.2 Å². The van der Waals surface area contributed by atoms with Crippen LogP contribution in [0.1, 0.15) is 6.92 Å². The third kappa shape index (κ3) is 2.91. The molecule has 0 aliphatic carbocycles. The van der Waals surface area contributed by atoms with Crippen molar-refractivity contribution in [1.29, 1.82) is 5.26 Å². The van der Waals surface area contributed by atoms with Gasteiger partial charge in [0.05, 0.1) is 17.6 Å². The number of hydrogen-bond acceptors (Lipinski definition) is 7. The number of carboxylic acid groups (broad SMARTS) is 1.